The van der Waals surface area contributed by atoms with Gasteiger partial charge in [-0.25, -0.2) is 0 Å². The van der Waals surface area contributed by atoms with Crippen LogP contribution in [-0.4, -0.2) is 28.3 Å². The summed E-state index contributed by atoms with van der Waals surface area (Å²) in [6, 6.07) is 7.59. The van der Waals surface area contributed by atoms with E-state index in [0.29, 0.717) is 12.5 Å². The highest BCUT2D eigenvalue weighted by molar-refractivity contribution is 5.72. The number of phenols is 1. The van der Waals surface area contributed by atoms with Crippen LogP contribution in [0.15, 0.2) is 24.3 Å². The smallest absolute Gasteiger partial charge is 0.307 e. The number of aliphatic carboxylic acids is 1. The lowest BCUT2D eigenvalue weighted by Crippen LogP contribution is -2.46. The molecule has 0 radical (unpaired) electrons. The second-order valence-electron chi connectivity index (χ2n) is 5.35. The second kappa shape index (κ2) is 4.28. The number of carbonyl (C=O) groups is 1. The van der Waals surface area contributed by atoms with Gasteiger partial charge in [0, 0.05) is 18.0 Å². The van der Waals surface area contributed by atoms with E-state index in [1.165, 1.54) is 0 Å². The minimum Gasteiger partial charge on any atom is -0.508 e. The van der Waals surface area contributed by atoms with Crippen molar-refractivity contribution in [2.75, 3.05) is 0 Å². The van der Waals surface area contributed by atoms with Gasteiger partial charge in [-0.05, 0) is 37.0 Å². The van der Waals surface area contributed by atoms with E-state index in [-0.39, 0.29) is 23.6 Å². The summed E-state index contributed by atoms with van der Waals surface area (Å²) in [6.45, 7) is 0. The normalized spacial score (nSPS) is 34.4. The Morgan fingerprint density at radius 1 is 1.33 bits per heavy atom. The second-order valence-corrected chi connectivity index (χ2v) is 5.35. The SMILES string of the molecule is O=C(O)[C@H]1C[C@H]2CC[C@H](N2)[C@@H]1c1cccc(O)c1. The number of hydrogen-bond acceptors (Lipinski definition) is 3. The van der Waals surface area contributed by atoms with Crippen molar-refractivity contribution in [2.45, 2.75) is 37.3 Å². The largest absolute Gasteiger partial charge is 0.508 e. The molecule has 4 nitrogen and oxygen atoms in total. The summed E-state index contributed by atoms with van der Waals surface area (Å²) in [5, 5.41) is 22.5. The number of carboxylic acid groups (broad SMARTS) is 1. The van der Waals surface area contributed by atoms with Gasteiger partial charge in [0.1, 0.15) is 5.75 Å². The summed E-state index contributed by atoms with van der Waals surface area (Å²) in [4.78, 5) is 11.5. The first-order chi connectivity index (χ1) is 8.65. The Kier molecular flexibility index (Phi) is 2.74. The van der Waals surface area contributed by atoms with Crippen molar-refractivity contribution in [1.82, 2.24) is 5.32 Å². The quantitative estimate of drug-likeness (QED) is 0.744. The van der Waals surface area contributed by atoms with Gasteiger partial charge in [0.2, 0.25) is 0 Å². The molecule has 2 heterocycles. The standard InChI is InChI=1S/C14H17NO3/c16-10-3-1-2-8(6-10)13-11(14(17)18)7-9-4-5-12(13)15-9/h1-3,6,9,11-13,15-16H,4-5,7H2,(H,17,18)/t9-,11+,12+,13-/m1/s1. The molecule has 2 aliphatic heterocycles. The van der Waals surface area contributed by atoms with E-state index in [1.807, 2.05) is 6.07 Å². The molecule has 0 unspecified atom stereocenters. The van der Waals surface area contributed by atoms with Gasteiger partial charge in [-0.1, -0.05) is 12.1 Å². The average Bonchev–Trinajstić information content (AvgIpc) is 2.70. The van der Waals surface area contributed by atoms with Gasteiger partial charge in [-0.2, -0.15) is 0 Å². The molecule has 0 saturated carbocycles. The van der Waals surface area contributed by atoms with Crippen LogP contribution in [0.5, 0.6) is 5.75 Å². The average molecular weight is 247 g/mol. The number of hydrogen-bond donors (Lipinski definition) is 3. The predicted molar refractivity (Wildman–Crippen MR) is 66.5 cm³/mol. The topological polar surface area (TPSA) is 69.6 Å². The third kappa shape index (κ3) is 1.86. The first-order valence-corrected chi connectivity index (χ1v) is 6.43. The van der Waals surface area contributed by atoms with Crippen LogP contribution in [-0.2, 0) is 4.79 Å². The Bertz CT molecular complexity index is 474. The summed E-state index contributed by atoms with van der Waals surface area (Å²) in [5.74, 6) is -0.891. The van der Waals surface area contributed by atoms with E-state index in [9.17, 15) is 15.0 Å². The molecule has 0 aromatic heterocycles. The van der Waals surface area contributed by atoms with E-state index < -0.39 is 5.97 Å². The highest BCUT2D eigenvalue weighted by Gasteiger charge is 2.45. The Morgan fingerprint density at radius 2 is 2.17 bits per heavy atom. The van der Waals surface area contributed by atoms with Crippen molar-refractivity contribution in [2.24, 2.45) is 5.92 Å². The summed E-state index contributed by atoms with van der Waals surface area (Å²) in [5.41, 5.74) is 0.931. The summed E-state index contributed by atoms with van der Waals surface area (Å²) >= 11 is 0. The number of benzene rings is 1. The number of rotatable bonds is 2. The third-order valence-electron chi connectivity index (χ3n) is 4.25. The molecule has 1 aromatic rings. The van der Waals surface area contributed by atoms with E-state index in [4.69, 9.17) is 0 Å². The lowest BCUT2D eigenvalue weighted by molar-refractivity contribution is -0.143. The van der Waals surface area contributed by atoms with Crippen LogP contribution in [0.4, 0.5) is 0 Å². The highest BCUT2D eigenvalue weighted by Crippen LogP contribution is 2.42. The van der Waals surface area contributed by atoms with Crippen LogP contribution in [0.3, 0.4) is 0 Å². The molecule has 3 N–H and O–H groups in total. The Balaban J connectivity index is 1.98. The van der Waals surface area contributed by atoms with Gasteiger partial charge in [-0.3, -0.25) is 4.79 Å². The van der Waals surface area contributed by atoms with Crippen molar-refractivity contribution in [3.8, 4) is 5.75 Å². The molecular weight excluding hydrogens is 230 g/mol. The Labute approximate surface area is 106 Å². The van der Waals surface area contributed by atoms with Crippen molar-refractivity contribution in [3.63, 3.8) is 0 Å². The molecule has 1 aromatic carbocycles. The molecule has 2 fully saturated rings. The number of piperidine rings is 1. The molecule has 2 aliphatic rings. The molecule has 0 aliphatic carbocycles. The molecule has 2 bridgehead atoms. The van der Waals surface area contributed by atoms with Crippen molar-refractivity contribution in [1.29, 1.82) is 0 Å². The first kappa shape index (κ1) is 11.5. The fraction of sp³-hybridized carbons (Fsp3) is 0.500. The molecule has 4 atom stereocenters. The third-order valence-corrected chi connectivity index (χ3v) is 4.25. The summed E-state index contributed by atoms with van der Waals surface area (Å²) in [7, 11) is 0. The van der Waals surface area contributed by atoms with Crippen LogP contribution >= 0.6 is 0 Å². The van der Waals surface area contributed by atoms with Crippen molar-refractivity contribution >= 4 is 5.97 Å². The molecular formula is C14H17NO3. The minimum absolute atomic E-state index is 0.0339. The van der Waals surface area contributed by atoms with Crippen LogP contribution in [0.2, 0.25) is 0 Å². The molecule has 4 heteroatoms. The van der Waals surface area contributed by atoms with E-state index in [1.54, 1.807) is 18.2 Å². The van der Waals surface area contributed by atoms with Crippen LogP contribution in [0.25, 0.3) is 0 Å². The van der Waals surface area contributed by atoms with Gasteiger partial charge < -0.3 is 15.5 Å². The molecule has 0 amide bonds. The number of phenolic OH excluding ortho intramolecular Hbond substituents is 1. The van der Waals surface area contributed by atoms with E-state index >= 15 is 0 Å². The van der Waals surface area contributed by atoms with Gasteiger partial charge in [0.15, 0.2) is 0 Å². The molecule has 0 spiro atoms. The maximum atomic E-state index is 11.5. The van der Waals surface area contributed by atoms with Crippen LogP contribution in [0.1, 0.15) is 30.7 Å². The zero-order valence-electron chi connectivity index (χ0n) is 10.0. The summed E-state index contributed by atoms with van der Waals surface area (Å²) in [6.07, 6.45) is 2.77. The van der Waals surface area contributed by atoms with Gasteiger partial charge in [0.05, 0.1) is 5.92 Å². The Hall–Kier alpha value is -1.55. The fourth-order valence-electron chi connectivity index (χ4n) is 3.50. The van der Waals surface area contributed by atoms with Crippen LogP contribution < -0.4 is 5.32 Å². The molecule has 18 heavy (non-hydrogen) atoms. The number of carboxylic acids is 1. The van der Waals surface area contributed by atoms with Crippen LogP contribution in [0, 0.1) is 5.92 Å². The van der Waals surface area contributed by atoms with Gasteiger partial charge in [0.25, 0.3) is 0 Å². The fourth-order valence-corrected chi connectivity index (χ4v) is 3.50. The maximum Gasteiger partial charge on any atom is 0.307 e. The number of fused-ring (bicyclic) bond motifs is 2. The van der Waals surface area contributed by atoms with Gasteiger partial charge in [-0.15, -0.1) is 0 Å². The van der Waals surface area contributed by atoms with Gasteiger partial charge >= 0.3 is 5.97 Å². The maximum absolute atomic E-state index is 11.5. The Morgan fingerprint density at radius 3 is 2.89 bits per heavy atom. The number of aromatic hydroxyl groups is 1. The van der Waals surface area contributed by atoms with E-state index in [2.05, 4.69) is 5.32 Å². The van der Waals surface area contributed by atoms with Crippen molar-refractivity contribution < 1.29 is 15.0 Å². The lowest BCUT2D eigenvalue weighted by atomic mass is 9.77. The first-order valence-electron chi connectivity index (χ1n) is 6.43. The van der Waals surface area contributed by atoms with E-state index in [0.717, 1.165) is 18.4 Å². The minimum atomic E-state index is -0.721. The zero-order valence-corrected chi connectivity index (χ0v) is 10.0. The molecule has 3 rings (SSSR count). The highest BCUT2D eigenvalue weighted by atomic mass is 16.4. The molecule has 2 saturated heterocycles. The molecule has 96 valence electrons. The summed E-state index contributed by atoms with van der Waals surface area (Å²) < 4.78 is 0. The number of nitrogens with one attached hydrogen (secondary N) is 1. The predicted octanol–water partition coefficient (Wildman–Crippen LogP) is 1.70. The lowest BCUT2D eigenvalue weighted by Gasteiger charge is -2.35. The zero-order chi connectivity index (χ0) is 12.7. The monoisotopic (exact) mass is 247 g/mol. The van der Waals surface area contributed by atoms with Crippen molar-refractivity contribution in [3.05, 3.63) is 29.8 Å².